The summed E-state index contributed by atoms with van der Waals surface area (Å²) in [6.45, 7) is 2.37. The average molecular weight is 451 g/mol. The van der Waals surface area contributed by atoms with Crippen LogP contribution in [0.2, 0.25) is 0 Å². The summed E-state index contributed by atoms with van der Waals surface area (Å²) in [5.74, 6) is -0.0365. The van der Waals surface area contributed by atoms with E-state index in [0.717, 1.165) is 6.42 Å². The van der Waals surface area contributed by atoms with Crippen LogP contribution in [-0.2, 0) is 42.1 Å². The second-order valence-electron chi connectivity index (χ2n) is 8.14. The van der Waals surface area contributed by atoms with Crippen LogP contribution in [0.1, 0.15) is 35.6 Å². The first kappa shape index (κ1) is 20.4. The molecule has 0 spiro atoms. The number of carbonyl (C=O) groups excluding carboxylic acids is 1. The number of hydrogen-bond acceptors (Lipinski definition) is 4. The quantitative estimate of drug-likeness (QED) is 0.750. The van der Waals surface area contributed by atoms with Gasteiger partial charge in [-0.2, -0.15) is 5.10 Å². The number of urea groups is 1. The third kappa shape index (κ3) is 3.21. The highest BCUT2D eigenvalue weighted by Crippen LogP contribution is 2.41. The van der Waals surface area contributed by atoms with E-state index in [1.165, 1.54) is 13.2 Å². The molecule has 1 aliphatic heterocycles. The zero-order chi connectivity index (χ0) is 21.9. The molecule has 2 heterocycles. The van der Waals surface area contributed by atoms with E-state index in [1.54, 1.807) is 4.68 Å². The van der Waals surface area contributed by atoms with Crippen molar-refractivity contribution in [1.82, 2.24) is 14.5 Å². The van der Waals surface area contributed by atoms with Crippen LogP contribution in [0.5, 0.6) is 5.88 Å². The molecular weight excluding hydrogens is 428 g/mol. The van der Waals surface area contributed by atoms with Crippen molar-refractivity contribution in [2.45, 2.75) is 62.7 Å². The van der Waals surface area contributed by atoms with Gasteiger partial charge in [0.15, 0.2) is 9.92 Å². The summed E-state index contributed by atoms with van der Waals surface area (Å²) in [5, 5.41) is 6.86. The Morgan fingerprint density at radius 2 is 2.03 bits per heavy atom. The molecule has 2 N–H and O–H groups in total. The van der Waals surface area contributed by atoms with E-state index >= 15 is 0 Å². The Morgan fingerprint density at radius 3 is 2.81 bits per heavy atom. The van der Waals surface area contributed by atoms with Gasteiger partial charge in [-0.3, -0.25) is 0 Å². The molecule has 1 unspecified atom stereocenters. The van der Waals surface area contributed by atoms with Gasteiger partial charge in [-0.05, 0) is 55.5 Å². The molecule has 3 atom stereocenters. The molecule has 2 aromatic rings. The van der Waals surface area contributed by atoms with Crippen molar-refractivity contribution in [3.05, 3.63) is 34.3 Å². The Kier molecular flexibility index (Phi) is 4.78. The highest BCUT2D eigenvalue weighted by atomic mass is 32.2. The van der Waals surface area contributed by atoms with Crippen molar-refractivity contribution in [3.8, 4) is 5.88 Å². The zero-order valence-electron chi connectivity index (χ0n) is 17.2. The van der Waals surface area contributed by atoms with Gasteiger partial charge in [-0.25, -0.2) is 27.2 Å². The van der Waals surface area contributed by atoms with Gasteiger partial charge in [-0.15, -0.1) is 4.36 Å². The number of nitrogens with zero attached hydrogens (tertiary/aromatic N) is 3. The largest absolute Gasteiger partial charge is 0.472 e. The van der Waals surface area contributed by atoms with Crippen LogP contribution in [0.15, 0.2) is 15.5 Å². The van der Waals surface area contributed by atoms with Crippen molar-refractivity contribution in [2.75, 3.05) is 12.4 Å². The second-order valence-corrected chi connectivity index (χ2v) is 10.2. The third-order valence-electron chi connectivity index (χ3n) is 6.09. The normalized spacial score (nSPS) is 23.0. The standard InChI is InChI=1S/C20H23F2N5O3S/c1-10-9-27-19(30-10)16(8-24-27)31(29,23-2)26-20(28)25-18-13-5-3-4-12(13)17(22)14-6-11(21)7-15(14)18/h8,10-11H,3-7,9H2,1-2H3,(H2,23,25,26,28,29)/t10-,11+,31?/m0/s1. The third-order valence-corrected chi connectivity index (χ3v) is 7.94. The molecule has 0 fully saturated rings. The molecule has 2 aliphatic carbocycles. The molecule has 1 aromatic heterocycles. The van der Waals surface area contributed by atoms with E-state index in [9.17, 15) is 17.8 Å². The minimum absolute atomic E-state index is 0.000212. The number of halogens is 2. The van der Waals surface area contributed by atoms with Crippen molar-refractivity contribution < 1.29 is 22.5 Å². The van der Waals surface area contributed by atoms with Crippen molar-refractivity contribution >= 4 is 21.6 Å². The number of rotatable bonds is 3. The van der Waals surface area contributed by atoms with Crippen LogP contribution in [0, 0.1) is 5.82 Å². The molecule has 3 aliphatic rings. The average Bonchev–Trinajstić information content (AvgIpc) is 3.47. The number of hydrogen-bond donors (Lipinski definition) is 2. The molecule has 0 saturated heterocycles. The van der Waals surface area contributed by atoms with Crippen LogP contribution < -0.4 is 14.8 Å². The maximum atomic E-state index is 14.9. The predicted octanol–water partition coefficient (Wildman–Crippen LogP) is 2.92. The Balaban J connectivity index is 1.53. The molecule has 1 aromatic carbocycles. The summed E-state index contributed by atoms with van der Waals surface area (Å²) in [7, 11) is -1.94. The number of fused-ring (bicyclic) bond motifs is 3. The van der Waals surface area contributed by atoms with E-state index in [2.05, 4.69) is 19.5 Å². The molecule has 0 radical (unpaired) electrons. The Morgan fingerprint density at radius 1 is 1.29 bits per heavy atom. The van der Waals surface area contributed by atoms with E-state index in [-0.39, 0.29) is 29.7 Å². The van der Waals surface area contributed by atoms with Crippen LogP contribution in [0.25, 0.3) is 0 Å². The Hall–Kier alpha value is -2.53. The molecule has 8 nitrogen and oxygen atoms in total. The Labute approximate surface area is 178 Å². The monoisotopic (exact) mass is 451 g/mol. The number of benzene rings is 1. The minimum Gasteiger partial charge on any atom is -0.472 e. The van der Waals surface area contributed by atoms with E-state index in [4.69, 9.17) is 4.74 Å². The van der Waals surface area contributed by atoms with Gasteiger partial charge in [0.1, 0.15) is 23.0 Å². The Bertz CT molecular complexity index is 1220. The number of amides is 2. The second kappa shape index (κ2) is 7.27. The molecule has 11 heteroatoms. The van der Waals surface area contributed by atoms with Crippen molar-refractivity contribution in [2.24, 2.45) is 4.36 Å². The lowest BCUT2D eigenvalue weighted by Gasteiger charge is -2.16. The fraction of sp³-hybridized carbons (Fsp3) is 0.500. The predicted molar refractivity (Wildman–Crippen MR) is 110 cm³/mol. The molecule has 31 heavy (non-hydrogen) atoms. The van der Waals surface area contributed by atoms with Gasteiger partial charge in [0.25, 0.3) is 0 Å². The fourth-order valence-electron chi connectivity index (χ4n) is 4.73. The van der Waals surface area contributed by atoms with Gasteiger partial charge >= 0.3 is 6.03 Å². The molecule has 0 saturated carbocycles. The van der Waals surface area contributed by atoms with Gasteiger partial charge in [0.2, 0.25) is 5.88 Å². The van der Waals surface area contributed by atoms with Gasteiger partial charge in [0, 0.05) is 18.5 Å². The molecular formula is C20H23F2N5O3S. The summed E-state index contributed by atoms with van der Waals surface area (Å²) >= 11 is 0. The van der Waals surface area contributed by atoms with Crippen molar-refractivity contribution in [3.63, 3.8) is 0 Å². The highest BCUT2D eigenvalue weighted by Gasteiger charge is 2.34. The minimum atomic E-state index is -3.37. The van der Waals surface area contributed by atoms with Gasteiger partial charge in [-0.1, -0.05) is 0 Å². The highest BCUT2D eigenvalue weighted by molar-refractivity contribution is 7.92. The van der Waals surface area contributed by atoms with Crippen LogP contribution in [0.4, 0.5) is 19.3 Å². The van der Waals surface area contributed by atoms with Crippen LogP contribution in [0.3, 0.4) is 0 Å². The first-order valence-corrected chi connectivity index (χ1v) is 11.8. The van der Waals surface area contributed by atoms with Gasteiger partial charge < -0.3 is 10.1 Å². The molecule has 0 bridgehead atoms. The van der Waals surface area contributed by atoms with E-state index < -0.39 is 22.1 Å². The van der Waals surface area contributed by atoms with E-state index in [0.29, 0.717) is 53.2 Å². The van der Waals surface area contributed by atoms with E-state index in [1.807, 2.05) is 6.92 Å². The SMILES string of the molecule is CNS(=O)(=NC(=O)Nc1c2c(c(F)c3c1C[C@H](F)C3)CCC2)c1cnn2c1O[C@@H](C)C2. The smallest absolute Gasteiger partial charge is 0.354 e. The first-order chi connectivity index (χ1) is 14.8. The summed E-state index contributed by atoms with van der Waals surface area (Å²) < 4.78 is 56.2. The lowest BCUT2D eigenvalue weighted by molar-refractivity contribution is 0.248. The van der Waals surface area contributed by atoms with Gasteiger partial charge in [0.05, 0.1) is 12.7 Å². The van der Waals surface area contributed by atoms with Crippen molar-refractivity contribution in [1.29, 1.82) is 0 Å². The maximum absolute atomic E-state index is 14.9. The number of alkyl halides is 1. The summed E-state index contributed by atoms with van der Waals surface area (Å²) in [4.78, 5) is 13.0. The molecule has 2 amide bonds. The lowest BCUT2D eigenvalue weighted by Crippen LogP contribution is -2.23. The summed E-state index contributed by atoms with van der Waals surface area (Å²) in [5.41, 5.74) is 2.45. The number of nitrogens with one attached hydrogen (secondary N) is 2. The van der Waals surface area contributed by atoms with Crippen LogP contribution >= 0.6 is 0 Å². The molecule has 5 rings (SSSR count). The summed E-state index contributed by atoms with van der Waals surface area (Å²) in [6.07, 6.45) is 2.01. The fourth-order valence-corrected chi connectivity index (χ4v) is 6.00. The zero-order valence-corrected chi connectivity index (χ0v) is 18.0. The maximum Gasteiger partial charge on any atom is 0.354 e. The number of anilines is 1. The first-order valence-electron chi connectivity index (χ1n) is 10.3. The van der Waals surface area contributed by atoms with Crippen LogP contribution in [-0.4, -0.2) is 39.3 Å². The number of carbonyl (C=O) groups is 1. The topological polar surface area (TPSA) is 97.6 Å². The number of ether oxygens (including phenoxy) is 1. The summed E-state index contributed by atoms with van der Waals surface area (Å²) in [6, 6.07) is -0.851. The molecule has 166 valence electrons. The lowest BCUT2D eigenvalue weighted by atomic mass is 9.98. The number of aromatic nitrogens is 2.